The number of carbonyl (C=O) groups is 1. The van der Waals surface area contributed by atoms with E-state index in [0.29, 0.717) is 29.5 Å². The van der Waals surface area contributed by atoms with E-state index in [0.717, 1.165) is 5.56 Å². The van der Waals surface area contributed by atoms with Crippen LogP contribution in [0.4, 0.5) is 0 Å². The van der Waals surface area contributed by atoms with E-state index < -0.39 is 0 Å². The molecular formula is C16H14BrClNO2Y-. The van der Waals surface area contributed by atoms with Gasteiger partial charge in [-0.2, -0.15) is 0 Å². The van der Waals surface area contributed by atoms with Crippen LogP contribution in [0.5, 0.6) is 5.75 Å². The molecule has 0 N–H and O–H groups in total. The Hall–Kier alpha value is -0.336. The second-order valence-corrected chi connectivity index (χ2v) is 5.96. The van der Waals surface area contributed by atoms with E-state index >= 15 is 0 Å². The van der Waals surface area contributed by atoms with Crippen LogP contribution < -0.4 is 4.74 Å². The third kappa shape index (κ3) is 4.58. The fourth-order valence-corrected chi connectivity index (χ4v) is 2.69. The number of halogens is 2. The van der Waals surface area contributed by atoms with Crippen molar-refractivity contribution in [2.75, 3.05) is 13.7 Å². The number of carbonyl (C=O) groups excluding carboxylic acids is 1. The molecule has 3 nitrogen and oxygen atoms in total. The van der Waals surface area contributed by atoms with E-state index in [1.165, 1.54) is 0 Å². The van der Waals surface area contributed by atoms with Gasteiger partial charge in [0, 0.05) is 39.8 Å². The maximum Gasteiger partial charge on any atom is 0.236 e. The molecule has 1 heterocycles. The number of nitrogens with zero attached hydrogens (tertiary/aromatic N) is 1. The van der Waals surface area contributed by atoms with Crippen molar-refractivity contribution < 1.29 is 42.2 Å². The molecule has 1 radical (unpaired) electrons. The van der Waals surface area contributed by atoms with Gasteiger partial charge in [-0.1, -0.05) is 28.3 Å². The minimum Gasteiger partial charge on any atom is -0.481 e. The molecular weight excluding hydrogens is 442 g/mol. The molecule has 0 aromatic heterocycles. The summed E-state index contributed by atoms with van der Waals surface area (Å²) in [5.74, 6) is 6.23. The van der Waals surface area contributed by atoms with Gasteiger partial charge in [0.15, 0.2) is 0 Å². The summed E-state index contributed by atoms with van der Waals surface area (Å²) in [5, 5.41) is 0.520. The van der Waals surface area contributed by atoms with Crippen molar-refractivity contribution >= 4 is 39.1 Å². The van der Waals surface area contributed by atoms with Gasteiger partial charge in [-0.25, -0.2) is 6.08 Å². The van der Waals surface area contributed by atoms with Gasteiger partial charge in [-0.15, -0.1) is 34.8 Å². The molecule has 0 bridgehead atoms. The van der Waals surface area contributed by atoms with Crippen LogP contribution in [0.15, 0.2) is 18.2 Å². The summed E-state index contributed by atoms with van der Waals surface area (Å²) in [6.45, 7) is 2.08. The predicted octanol–water partition coefficient (Wildman–Crippen LogP) is 3.51. The zero-order chi connectivity index (χ0) is 15.4. The first-order chi connectivity index (χ1) is 10.0. The van der Waals surface area contributed by atoms with Crippen molar-refractivity contribution in [2.24, 2.45) is 0 Å². The first kappa shape index (κ1) is 19.7. The van der Waals surface area contributed by atoms with E-state index in [-0.39, 0.29) is 43.4 Å². The molecule has 1 atom stereocenters. The number of benzene rings is 1. The van der Waals surface area contributed by atoms with E-state index in [1.54, 1.807) is 24.9 Å². The molecule has 1 aromatic carbocycles. The topological polar surface area (TPSA) is 29.5 Å². The number of hydrogen-bond acceptors (Lipinski definition) is 2. The zero-order valence-corrected chi connectivity index (χ0v) is 17.5. The smallest absolute Gasteiger partial charge is 0.236 e. The minimum atomic E-state index is -0.222. The molecule has 1 aromatic rings. The Kier molecular flexibility index (Phi) is 8.14. The molecule has 6 heteroatoms. The van der Waals surface area contributed by atoms with Gasteiger partial charge in [0.2, 0.25) is 5.91 Å². The Morgan fingerprint density at radius 1 is 1.55 bits per heavy atom. The van der Waals surface area contributed by atoms with Gasteiger partial charge < -0.3 is 9.64 Å². The summed E-state index contributed by atoms with van der Waals surface area (Å²) >= 11 is 9.62. The SMILES string of the molecule is CC#CCOc1ccc(C2=[C-]CC(Br)C(=O)N2C)c(Cl)c1.[Y]. The maximum atomic E-state index is 12.0. The second kappa shape index (κ2) is 9.08. The molecule has 1 aliphatic heterocycles. The largest absolute Gasteiger partial charge is 0.481 e. The standard InChI is InChI=1S/C16H14BrClNO2.Y/c1-3-4-9-21-11-5-6-12(14(18)10-11)15-8-7-13(17)16(20)19(15)2;/h5-6,10,13H,7,9H2,1-2H3;/q-1;. The van der Waals surface area contributed by atoms with Crippen molar-refractivity contribution in [3.8, 4) is 17.6 Å². The monoisotopic (exact) mass is 455 g/mol. The third-order valence-corrected chi connectivity index (χ3v) is 4.09. The van der Waals surface area contributed by atoms with Crippen LogP contribution in [0.1, 0.15) is 18.9 Å². The molecule has 0 spiro atoms. The molecule has 113 valence electrons. The van der Waals surface area contributed by atoms with Gasteiger partial charge in [0.25, 0.3) is 0 Å². The first-order valence-electron chi connectivity index (χ1n) is 6.39. The Bertz CT molecular complexity index is 651. The second-order valence-electron chi connectivity index (χ2n) is 4.45. The van der Waals surface area contributed by atoms with Crippen LogP contribution in [0.2, 0.25) is 5.02 Å². The van der Waals surface area contributed by atoms with Crippen LogP contribution in [0, 0.1) is 17.9 Å². The Morgan fingerprint density at radius 2 is 2.27 bits per heavy atom. The summed E-state index contributed by atoms with van der Waals surface area (Å²) in [4.78, 5) is 13.3. The molecule has 0 aliphatic carbocycles. The van der Waals surface area contributed by atoms with Crippen molar-refractivity contribution in [2.45, 2.75) is 18.2 Å². The van der Waals surface area contributed by atoms with Crippen molar-refractivity contribution in [3.63, 3.8) is 0 Å². The molecule has 1 unspecified atom stereocenters. The Labute approximate surface area is 169 Å². The molecule has 0 fully saturated rings. The summed E-state index contributed by atoms with van der Waals surface area (Å²) in [6, 6.07) is 5.37. The number of hydrogen-bond donors (Lipinski definition) is 0. The average molecular weight is 457 g/mol. The molecule has 2 rings (SSSR count). The number of allylic oxidation sites excluding steroid dienone is 1. The van der Waals surface area contributed by atoms with Crippen LogP contribution in [-0.2, 0) is 37.5 Å². The normalized spacial score (nSPS) is 17.1. The predicted molar refractivity (Wildman–Crippen MR) is 87.1 cm³/mol. The average Bonchev–Trinajstić information content (AvgIpc) is 2.46. The van der Waals surface area contributed by atoms with E-state index in [1.807, 2.05) is 12.1 Å². The zero-order valence-electron chi connectivity index (χ0n) is 12.3. The Balaban J connectivity index is 0.00000242. The fourth-order valence-electron chi connectivity index (χ4n) is 1.96. The number of alkyl halides is 1. The number of rotatable bonds is 3. The van der Waals surface area contributed by atoms with E-state index in [4.69, 9.17) is 16.3 Å². The molecule has 0 saturated carbocycles. The van der Waals surface area contributed by atoms with Crippen LogP contribution in [-0.4, -0.2) is 29.3 Å². The molecule has 1 aliphatic rings. The van der Waals surface area contributed by atoms with Gasteiger partial charge >= 0.3 is 0 Å². The number of amides is 1. The quantitative estimate of drug-likeness (QED) is 0.396. The van der Waals surface area contributed by atoms with E-state index in [9.17, 15) is 4.79 Å². The van der Waals surface area contributed by atoms with Crippen molar-refractivity contribution in [1.82, 2.24) is 4.90 Å². The van der Waals surface area contributed by atoms with Crippen LogP contribution in [0.25, 0.3) is 5.70 Å². The van der Waals surface area contributed by atoms with Crippen molar-refractivity contribution in [1.29, 1.82) is 0 Å². The summed E-state index contributed by atoms with van der Waals surface area (Å²) < 4.78 is 5.46. The van der Waals surface area contributed by atoms with Crippen LogP contribution in [0.3, 0.4) is 0 Å². The van der Waals surface area contributed by atoms with Gasteiger partial charge in [-0.05, 0) is 24.1 Å². The maximum absolute atomic E-state index is 12.0. The third-order valence-electron chi connectivity index (χ3n) is 3.07. The summed E-state index contributed by atoms with van der Waals surface area (Å²) in [5.41, 5.74) is 1.46. The minimum absolute atomic E-state index is 0. The summed E-state index contributed by atoms with van der Waals surface area (Å²) in [7, 11) is 1.72. The molecule has 22 heavy (non-hydrogen) atoms. The summed E-state index contributed by atoms with van der Waals surface area (Å²) in [6.07, 6.45) is 3.73. The first-order valence-corrected chi connectivity index (χ1v) is 7.68. The number of ether oxygens (including phenoxy) is 1. The van der Waals surface area contributed by atoms with Gasteiger partial charge in [-0.3, -0.25) is 4.79 Å². The van der Waals surface area contributed by atoms with E-state index in [2.05, 4.69) is 33.8 Å². The van der Waals surface area contributed by atoms with Crippen LogP contribution >= 0.6 is 27.5 Å². The fraction of sp³-hybridized carbons (Fsp3) is 0.312. The van der Waals surface area contributed by atoms with Crippen molar-refractivity contribution in [3.05, 3.63) is 34.9 Å². The van der Waals surface area contributed by atoms with Gasteiger partial charge in [0.1, 0.15) is 12.4 Å². The molecule has 1 amide bonds. The molecule has 0 saturated heterocycles. The Morgan fingerprint density at radius 3 is 2.91 bits per heavy atom. The van der Waals surface area contributed by atoms with Gasteiger partial charge in [0.05, 0.1) is 4.83 Å².